The summed E-state index contributed by atoms with van der Waals surface area (Å²) in [5.74, 6) is 0. The van der Waals surface area contributed by atoms with Crippen molar-refractivity contribution in [3.05, 3.63) is 0 Å². The van der Waals surface area contributed by atoms with E-state index >= 15 is 0 Å². The van der Waals surface area contributed by atoms with Gasteiger partial charge >= 0.3 is 6.16 Å². The Labute approximate surface area is 69.7 Å². The van der Waals surface area contributed by atoms with E-state index in [-0.39, 0.29) is 0 Å². The lowest BCUT2D eigenvalue weighted by molar-refractivity contribution is -0.415. The number of rotatable bonds is 2. The van der Waals surface area contributed by atoms with Crippen LogP contribution in [0.2, 0.25) is 0 Å². The first kappa shape index (κ1) is 13.2. The molecule has 12 heavy (non-hydrogen) atoms. The molecule has 0 unspecified atom stereocenters. The maximum atomic E-state index is 10.2. The molecule has 0 aliphatic carbocycles. The number of carbonyl (C=O) groups is 2. The molecule has 0 saturated heterocycles. The molecule has 0 aliphatic rings. The van der Waals surface area contributed by atoms with Gasteiger partial charge in [0.1, 0.15) is 0 Å². The highest BCUT2D eigenvalue weighted by molar-refractivity contribution is 5.59. The zero-order valence-corrected chi connectivity index (χ0v) is 6.86. The standard InChI is InChI=1S/C5H10O3.CH2O3/c1-3-7-5(6)8-4-2;2-1(3)4/h3-4H2,1-2H3;(H2,2,3,4)/p-2. The highest BCUT2D eigenvalue weighted by Gasteiger charge is 1.96. The smallest absolute Gasteiger partial charge is 0.508 e. The van der Waals surface area contributed by atoms with Crippen LogP contribution in [0.1, 0.15) is 13.8 Å². The normalized spacial score (nSPS) is 7.50. The topological polar surface area (TPSA) is 98.7 Å². The molecule has 0 N–H and O–H groups in total. The van der Waals surface area contributed by atoms with Gasteiger partial charge < -0.3 is 24.5 Å². The summed E-state index contributed by atoms with van der Waals surface area (Å²) >= 11 is 0. The first-order valence-corrected chi connectivity index (χ1v) is 3.22. The number of hydrogen-bond acceptors (Lipinski definition) is 6. The maximum absolute atomic E-state index is 10.2. The molecule has 0 aromatic carbocycles. The Morgan fingerprint density at radius 3 is 1.50 bits per heavy atom. The van der Waals surface area contributed by atoms with Gasteiger partial charge in [-0.1, -0.05) is 0 Å². The molecule has 0 spiro atoms. The third-order valence-corrected chi connectivity index (χ3v) is 0.524. The Bertz CT molecular complexity index is 120. The zero-order valence-electron chi connectivity index (χ0n) is 6.86. The van der Waals surface area contributed by atoms with Crippen molar-refractivity contribution < 1.29 is 29.3 Å². The summed E-state index contributed by atoms with van der Waals surface area (Å²) < 4.78 is 8.84. The molecule has 0 bridgehead atoms. The van der Waals surface area contributed by atoms with Gasteiger partial charge in [0.15, 0.2) is 0 Å². The molecule has 0 aromatic rings. The molecule has 0 amide bonds. The van der Waals surface area contributed by atoms with Gasteiger partial charge in [0.05, 0.1) is 13.2 Å². The largest absolute Gasteiger partial charge is 0.652 e. The predicted octanol–water partition coefficient (Wildman–Crippen LogP) is -1.27. The average Bonchev–Trinajstić information content (AvgIpc) is 1.87. The van der Waals surface area contributed by atoms with Gasteiger partial charge in [-0.15, -0.1) is 0 Å². The molecule has 0 heterocycles. The summed E-state index contributed by atoms with van der Waals surface area (Å²) in [6.07, 6.45) is -2.92. The molecule has 0 radical (unpaired) electrons. The Hall–Kier alpha value is -1.46. The number of carboxylic acid groups (broad SMARTS) is 2. The van der Waals surface area contributed by atoms with E-state index in [9.17, 15) is 4.79 Å². The molecule has 0 fully saturated rings. The fourth-order valence-corrected chi connectivity index (χ4v) is 0.277. The molecule has 6 heteroatoms. The Morgan fingerprint density at radius 2 is 1.33 bits per heavy atom. The van der Waals surface area contributed by atoms with E-state index in [0.717, 1.165) is 0 Å². The van der Waals surface area contributed by atoms with Crippen LogP contribution >= 0.6 is 0 Å². The van der Waals surface area contributed by atoms with Crippen LogP contribution in [-0.4, -0.2) is 25.5 Å². The van der Waals surface area contributed by atoms with Gasteiger partial charge in [0, 0.05) is 0 Å². The summed E-state index contributed by atoms with van der Waals surface area (Å²) in [7, 11) is 0. The zero-order chi connectivity index (χ0) is 9.98. The number of ether oxygens (including phenoxy) is 2. The summed E-state index contributed by atoms with van der Waals surface area (Å²) in [6, 6.07) is 0. The van der Waals surface area contributed by atoms with E-state index in [1.54, 1.807) is 13.8 Å². The summed E-state index contributed by atoms with van der Waals surface area (Å²) in [4.78, 5) is 18.5. The van der Waals surface area contributed by atoms with E-state index < -0.39 is 12.3 Å². The van der Waals surface area contributed by atoms with E-state index in [2.05, 4.69) is 9.47 Å². The molecule has 0 rings (SSSR count). The van der Waals surface area contributed by atoms with Crippen LogP contribution in [0.15, 0.2) is 0 Å². The summed E-state index contributed by atoms with van der Waals surface area (Å²) in [6.45, 7) is 4.21. The van der Waals surface area contributed by atoms with Crippen molar-refractivity contribution >= 4 is 12.3 Å². The molecule has 0 aromatic heterocycles. The third kappa shape index (κ3) is 23.6. The second-order valence-corrected chi connectivity index (χ2v) is 1.37. The molecule has 0 atom stereocenters. The van der Waals surface area contributed by atoms with E-state index in [1.807, 2.05) is 0 Å². The van der Waals surface area contributed by atoms with Crippen molar-refractivity contribution in [2.75, 3.05) is 13.2 Å². The quantitative estimate of drug-likeness (QED) is 0.489. The first-order valence-electron chi connectivity index (χ1n) is 3.22. The molecule has 0 saturated carbocycles. The van der Waals surface area contributed by atoms with Crippen molar-refractivity contribution in [2.24, 2.45) is 0 Å². The predicted molar refractivity (Wildman–Crippen MR) is 34.0 cm³/mol. The molecule has 6 nitrogen and oxygen atoms in total. The third-order valence-electron chi connectivity index (χ3n) is 0.524. The fourth-order valence-electron chi connectivity index (χ4n) is 0.277. The van der Waals surface area contributed by atoms with Crippen LogP contribution in [0.3, 0.4) is 0 Å². The highest BCUT2D eigenvalue weighted by Crippen LogP contribution is 1.81. The molecule has 0 aliphatic heterocycles. The Morgan fingerprint density at radius 1 is 1.08 bits per heavy atom. The van der Waals surface area contributed by atoms with Crippen LogP contribution in [-0.2, 0) is 9.47 Å². The van der Waals surface area contributed by atoms with Gasteiger partial charge in [0.25, 0.3) is 0 Å². The van der Waals surface area contributed by atoms with Gasteiger partial charge in [-0.25, -0.2) is 4.79 Å². The second kappa shape index (κ2) is 9.54. The summed E-state index contributed by atoms with van der Waals surface area (Å²) in [5.41, 5.74) is 0. The average molecular weight is 178 g/mol. The van der Waals surface area contributed by atoms with Crippen LogP contribution in [0.4, 0.5) is 9.59 Å². The monoisotopic (exact) mass is 178 g/mol. The highest BCUT2D eigenvalue weighted by atomic mass is 16.7. The fraction of sp³-hybridized carbons (Fsp3) is 0.667. The minimum Gasteiger partial charge on any atom is -0.652 e. The van der Waals surface area contributed by atoms with Crippen LogP contribution in [0.25, 0.3) is 0 Å². The molecule has 72 valence electrons. The van der Waals surface area contributed by atoms with Gasteiger partial charge in [-0.05, 0) is 20.0 Å². The lowest BCUT2D eigenvalue weighted by Crippen LogP contribution is -2.37. The van der Waals surface area contributed by atoms with E-state index in [4.69, 9.17) is 15.0 Å². The lowest BCUT2D eigenvalue weighted by Gasteiger charge is -1.98. The van der Waals surface area contributed by atoms with Crippen molar-refractivity contribution in [1.82, 2.24) is 0 Å². The lowest BCUT2D eigenvalue weighted by atomic mass is 10.8. The van der Waals surface area contributed by atoms with Gasteiger partial charge in [-0.3, -0.25) is 0 Å². The summed E-state index contributed by atoms with van der Waals surface area (Å²) in [5, 5.41) is 16.7. The van der Waals surface area contributed by atoms with Crippen molar-refractivity contribution in [3.8, 4) is 0 Å². The van der Waals surface area contributed by atoms with Crippen LogP contribution in [0, 0.1) is 0 Å². The van der Waals surface area contributed by atoms with Crippen molar-refractivity contribution in [2.45, 2.75) is 13.8 Å². The van der Waals surface area contributed by atoms with Crippen molar-refractivity contribution in [3.63, 3.8) is 0 Å². The van der Waals surface area contributed by atoms with Crippen LogP contribution < -0.4 is 10.2 Å². The van der Waals surface area contributed by atoms with E-state index in [0.29, 0.717) is 13.2 Å². The second-order valence-electron chi connectivity index (χ2n) is 1.37. The first-order chi connectivity index (χ1) is 5.54. The number of hydrogen-bond donors (Lipinski definition) is 0. The van der Waals surface area contributed by atoms with E-state index in [1.165, 1.54) is 0 Å². The maximum Gasteiger partial charge on any atom is 0.508 e. The van der Waals surface area contributed by atoms with Gasteiger partial charge in [-0.2, -0.15) is 0 Å². The Kier molecular flexibility index (Phi) is 10.5. The SMILES string of the molecule is CCOC(=O)OCC.O=C([O-])[O-]. The minimum absolute atomic E-state index is 0.374. The van der Waals surface area contributed by atoms with Crippen molar-refractivity contribution in [1.29, 1.82) is 0 Å². The number of carbonyl (C=O) groups excluding carboxylic acids is 2. The molecular weight excluding hydrogens is 168 g/mol. The van der Waals surface area contributed by atoms with Crippen LogP contribution in [0.5, 0.6) is 0 Å². The molecular formula is C6H10O6-2. The van der Waals surface area contributed by atoms with Gasteiger partial charge in [0.2, 0.25) is 0 Å². The Balaban J connectivity index is 0. The minimum atomic E-state index is -2.33.